The van der Waals surface area contributed by atoms with Crippen LogP contribution in [-0.2, 0) is 0 Å². The summed E-state index contributed by atoms with van der Waals surface area (Å²) in [5, 5.41) is 0.776. The molecular weight excluding hydrogens is 216 g/mol. The molecule has 2 aromatic carbocycles. The Balaban J connectivity index is 2.17. The minimum atomic E-state index is 0.776. The first kappa shape index (κ1) is 9.68. The summed E-state index contributed by atoms with van der Waals surface area (Å²) in [6.07, 6.45) is 6.37. The molecule has 0 spiro atoms. The Kier molecular flexibility index (Phi) is 2.30. The van der Waals surface area contributed by atoms with Crippen LogP contribution in [0.2, 0.25) is 5.02 Å². The number of hydrogen-bond acceptors (Lipinski definition) is 0. The van der Waals surface area contributed by atoms with Crippen LogP contribution in [0.25, 0.3) is 17.2 Å². The zero-order chi connectivity index (χ0) is 11.0. The van der Waals surface area contributed by atoms with Gasteiger partial charge < -0.3 is 0 Å². The average molecular weight is 226 g/mol. The highest BCUT2D eigenvalue weighted by molar-refractivity contribution is 6.30. The molecule has 0 heterocycles. The van der Waals surface area contributed by atoms with E-state index in [9.17, 15) is 0 Å². The van der Waals surface area contributed by atoms with Crippen LogP contribution in [0.5, 0.6) is 0 Å². The van der Waals surface area contributed by atoms with Gasteiger partial charge in [0, 0.05) is 11.4 Å². The van der Waals surface area contributed by atoms with Crippen molar-refractivity contribution in [2.24, 2.45) is 0 Å². The van der Waals surface area contributed by atoms with Gasteiger partial charge in [-0.15, -0.1) is 0 Å². The first-order chi connectivity index (χ1) is 7.84. The second-order valence-electron chi connectivity index (χ2n) is 3.84. The van der Waals surface area contributed by atoms with Gasteiger partial charge in [-0.1, -0.05) is 54.1 Å². The Morgan fingerprint density at radius 3 is 2.50 bits per heavy atom. The molecular formula is C15H10Cl. The van der Waals surface area contributed by atoms with Gasteiger partial charge in [-0.2, -0.15) is 0 Å². The molecule has 0 fully saturated rings. The average Bonchev–Trinajstić information content (AvgIpc) is 2.78. The van der Waals surface area contributed by atoms with Crippen molar-refractivity contribution < 1.29 is 0 Å². The Morgan fingerprint density at radius 1 is 0.875 bits per heavy atom. The van der Waals surface area contributed by atoms with E-state index in [0.29, 0.717) is 0 Å². The van der Waals surface area contributed by atoms with Crippen molar-refractivity contribution in [2.45, 2.75) is 0 Å². The van der Waals surface area contributed by atoms with Gasteiger partial charge in [-0.3, -0.25) is 0 Å². The first-order valence-corrected chi connectivity index (χ1v) is 5.63. The number of fused-ring (bicyclic) bond motifs is 1. The van der Waals surface area contributed by atoms with Crippen LogP contribution in [0.3, 0.4) is 0 Å². The van der Waals surface area contributed by atoms with E-state index >= 15 is 0 Å². The van der Waals surface area contributed by atoms with Crippen LogP contribution in [-0.4, -0.2) is 0 Å². The van der Waals surface area contributed by atoms with Crippen molar-refractivity contribution in [1.29, 1.82) is 0 Å². The molecule has 77 valence electrons. The maximum atomic E-state index is 5.90. The molecule has 0 unspecified atom stereocenters. The third-order valence-corrected chi connectivity index (χ3v) is 3.09. The number of halogens is 1. The zero-order valence-electron chi connectivity index (χ0n) is 8.65. The topological polar surface area (TPSA) is 0 Å². The fraction of sp³-hybridized carbons (Fsp3) is 0. The minimum Gasteiger partial charge on any atom is -0.0843 e. The van der Waals surface area contributed by atoms with Crippen molar-refractivity contribution in [3.8, 4) is 11.1 Å². The van der Waals surface area contributed by atoms with Gasteiger partial charge in [0.05, 0.1) is 0 Å². The second kappa shape index (κ2) is 3.80. The Hall–Kier alpha value is -1.53. The van der Waals surface area contributed by atoms with Gasteiger partial charge in [-0.25, -0.2) is 0 Å². The summed E-state index contributed by atoms with van der Waals surface area (Å²) in [6, 6.07) is 14.3. The summed E-state index contributed by atoms with van der Waals surface area (Å²) in [5.41, 5.74) is 5.05. The molecule has 0 atom stereocenters. The number of allylic oxidation sites excluding steroid dienone is 1. The molecule has 0 aromatic heterocycles. The van der Waals surface area contributed by atoms with Gasteiger partial charge in [0.25, 0.3) is 0 Å². The highest BCUT2D eigenvalue weighted by Gasteiger charge is 2.10. The normalized spacial score (nSPS) is 12.8. The van der Waals surface area contributed by atoms with Gasteiger partial charge >= 0.3 is 0 Å². The minimum absolute atomic E-state index is 0.776. The summed E-state index contributed by atoms with van der Waals surface area (Å²) >= 11 is 5.90. The van der Waals surface area contributed by atoms with Crippen LogP contribution >= 0.6 is 11.6 Å². The third-order valence-electron chi connectivity index (χ3n) is 2.83. The monoisotopic (exact) mass is 225 g/mol. The Morgan fingerprint density at radius 2 is 1.69 bits per heavy atom. The van der Waals surface area contributed by atoms with E-state index in [0.717, 1.165) is 5.02 Å². The van der Waals surface area contributed by atoms with Crippen LogP contribution in [0, 0.1) is 6.42 Å². The van der Waals surface area contributed by atoms with Crippen molar-refractivity contribution in [2.75, 3.05) is 0 Å². The van der Waals surface area contributed by atoms with E-state index < -0.39 is 0 Å². The number of hydrogen-bond donors (Lipinski definition) is 0. The molecule has 1 aliphatic carbocycles. The van der Waals surface area contributed by atoms with E-state index in [2.05, 4.69) is 48.9 Å². The molecule has 0 bridgehead atoms. The Labute approximate surface area is 100 Å². The van der Waals surface area contributed by atoms with Crippen LogP contribution in [0.1, 0.15) is 11.1 Å². The highest BCUT2D eigenvalue weighted by Crippen LogP contribution is 2.32. The summed E-state index contributed by atoms with van der Waals surface area (Å²) < 4.78 is 0. The lowest BCUT2D eigenvalue weighted by Gasteiger charge is -2.07. The first-order valence-electron chi connectivity index (χ1n) is 5.25. The molecule has 0 N–H and O–H groups in total. The summed E-state index contributed by atoms with van der Waals surface area (Å²) in [4.78, 5) is 0. The summed E-state index contributed by atoms with van der Waals surface area (Å²) in [5.74, 6) is 0. The number of benzene rings is 2. The lowest BCUT2D eigenvalue weighted by Crippen LogP contribution is -1.85. The maximum absolute atomic E-state index is 5.90. The molecule has 1 radical (unpaired) electrons. The third kappa shape index (κ3) is 1.56. The fourth-order valence-corrected chi connectivity index (χ4v) is 2.17. The van der Waals surface area contributed by atoms with E-state index in [1.165, 1.54) is 22.3 Å². The lowest BCUT2D eigenvalue weighted by molar-refractivity contribution is 1.52. The smallest absolute Gasteiger partial charge is 0.0406 e. The second-order valence-corrected chi connectivity index (χ2v) is 4.28. The Bertz CT molecular complexity index is 550. The van der Waals surface area contributed by atoms with Crippen LogP contribution < -0.4 is 0 Å². The van der Waals surface area contributed by atoms with E-state index in [4.69, 9.17) is 11.6 Å². The van der Waals surface area contributed by atoms with E-state index in [-0.39, 0.29) is 0 Å². The van der Waals surface area contributed by atoms with Gasteiger partial charge in [-0.05, 0) is 34.4 Å². The SMILES string of the molecule is Clc1ccc(-c2cccc3c2C=C[CH]3)cc1. The van der Waals surface area contributed by atoms with Crippen molar-refractivity contribution in [3.05, 3.63) is 71.1 Å². The van der Waals surface area contributed by atoms with Gasteiger partial charge in [0.1, 0.15) is 0 Å². The standard InChI is InChI=1S/C15H10Cl/c16-13-9-7-12(8-10-13)15-6-2-4-11-3-1-5-14(11)15/h1-10H. The molecule has 3 rings (SSSR count). The van der Waals surface area contributed by atoms with Gasteiger partial charge in [0.15, 0.2) is 0 Å². The largest absolute Gasteiger partial charge is 0.0843 e. The number of rotatable bonds is 1. The van der Waals surface area contributed by atoms with E-state index in [1.54, 1.807) is 0 Å². The lowest BCUT2D eigenvalue weighted by atomic mass is 9.97. The molecule has 2 aromatic rings. The predicted molar refractivity (Wildman–Crippen MR) is 69.3 cm³/mol. The quantitative estimate of drug-likeness (QED) is 0.666. The van der Waals surface area contributed by atoms with Crippen LogP contribution in [0.4, 0.5) is 0 Å². The maximum Gasteiger partial charge on any atom is 0.0406 e. The summed E-state index contributed by atoms with van der Waals surface area (Å²) in [6.45, 7) is 0. The molecule has 0 saturated heterocycles. The van der Waals surface area contributed by atoms with Crippen molar-refractivity contribution >= 4 is 17.7 Å². The zero-order valence-corrected chi connectivity index (χ0v) is 9.41. The molecule has 16 heavy (non-hydrogen) atoms. The fourth-order valence-electron chi connectivity index (χ4n) is 2.04. The molecule has 0 nitrogen and oxygen atoms in total. The van der Waals surface area contributed by atoms with Crippen LogP contribution in [0.15, 0.2) is 48.5 Å². The highest BCUT2D eigenvalue weighted by atomic mass is 35.5. The van der Waals surface area contributed by atoms with E-state index in [1.807, 2.05) is 12.1 Å². The van der Waals surface area contributed by atoms with Crippen molar-refractivity contribution in [1.82, 2.24) is 0 Å². The molecule has 0 saturated carbocycles. The van der Waals surface area contributed by atoms with Crippen molar-refractivity contribution in [3.63, 3.8) is 0 Å². The molecule has 1 heteroatoms. The molecule has 0 aliphatic heterocycles. The molecule has 1 aliphatic rings. The van der Waals surface area contributed by atoms with Gasteiger partial charge in [0.2, 0.25) is 0 Å². The molecule has 0 amide bonds. The summed E-state index contributed by atoms with van der Waals surface area (Å²) in [7, 11) is 0. The predicted octanol–water partition coefficient (Wildman–Crippen LogP) is 4.59.